The first-order chi connectivity index (χ1) is 6.01. The molecule has 4 N–H and O–H groups in total. The Hall–Kier alpha value is -1.18. The third-order valence-corrected chi connectivity index (χ3v) is 1.43. The van der Waals surface area contributed by atoms with E-state index in [4.69, 9.17) is 26.0 Å². The third-order valence-electron chi connectivity index (χ3n) is 1.43. The highest BCUT2D eigenvalue weighted by Gasteiger charge is 2.38. The molecular weight excluding hydrogens is 182 g/mol. The molecule has 0 heterocycles. The lowest BCUT2D eigenvalue weighted by Gasteiger charge is -2.26. The second-order valence-corrected chi connectivity index (χ2v) is 2.35. The average Bonchev–Trinajstić information content (AvgIpc) is 2.16. The molecule has 0 fully saturated rings. The molecule has 0 aliphatic carbocycles. The molecule has 1 amide bonds. The first-order valence-electron chi connectivity index (χ1n) is 3.23. The summed E-state index contributed by atoms with van der Waals surface area (Å²) in [5, 5.41) is 37.7. The maximum atomic E-state index is 10.7. The van der Waals surface area contributed by atoms with Crippen molar-refractivity contribution in [3.8, 4) is 0 Å². The van der Waals surface area contributed by atoms with Crippen LogP contribution in [0.3, 0.4) is 0 Å². The van der Waals surface area contributed by atoms with Gasteiger partial charge in [0, 0.05) is 4.91 Å². The highest BCUT2D eigenvalue weighted by molar-refractivity contribution is 5.82. The number of carbonyl (C=O) groups is 1. The van der Waals surface area contributed by atoms with Crippen molar-refractivity contribution in [2.45, 2.75) is 11.7 Å². The molecule has 74 valence electrons. The van der Waals surface area contributed by atoms with Crippen molar-refractivity contribution in [3.05, 3.63) is 10.4 Å². The maximum Gasteiger partial charge on any atom is 0.250 e. The molecule has 0 rings (SSSR count). The molecule has 13 heavy (non-hydrogen) atoms. The largest absolute Gasteiger partial charge is 0.393 e. The van der Waals surface area contributed by atoms with Crippen LogP contribution in [0, 0.1) is 0 Å². The summed E-state index contributed by atoms with van der Waals surface area (Å²) in [6.07, 6.45) is -2.14. The average molecular weight is 191 g/mol. The molecule has 0 radical (unpaired) electrons. The molecule has 8 nitrogen and oxygen atoms in total. The number of hydrogen-bond acceptors (Lipinski definition) is 5. The number of carbonyl (C=O) groups excluding carboxylic acids is 1. The van der Waals surface area contributed by atoms with E-state index in [-0.39, 0.29) is 0 Å². The van der Waals surface area contributed by atoms with Crippen LogP contribution in [-0.2, 0) is 4.79 Å². The van der Waals surface area contributed by atoms with Gasteiger partial charge < -0.3 is 20.4 Å². The summed E-state index contributed by atoms with van der Waals surface area (Å²) in [4.78, 5) is 12.7. The van der Waals surface area contributed by atoms with Gasteiger partial charge in [0.05, 0.1) is 13.2 Å². The van der Waals surface area contributed by atoms with Crippen LogP contribution in [0.15, 0.2) is 5.11 Å². The van der Waals surface area contributed by atoms with Crippen LogP contribution in [0.4, 0.5) is 0 Å². The van der Waals surface area contributed by atoms with Gasteiger partial charge in [0.15, 0.2) is 6.10 Å². The highest BCUT2D eigenvalue weighted by Crippen LogP contribution is 2.10. The van der Waals surface area contributed by atoms with Crippen LogP contribution < -0.4 is 0 Å². The summed E-state index contributed by atoms with van der Waals surface area (Å²) in [6.45, 7) is -2.06. The standard InChI is InChI=1S/C5H9N3O5/c6-8-7-4(12)3(11)5(13,1-9)2-10/h3,9-11,13H,1-2H2/t3-/m1/s1. The number of aliphatic hydroxyl groups is 4. The van der Waals surface area contributed by atoms with E-state index in [1.54, 1.807) is 0 Å². The normalized spacial score (nSPS) is 13.2. The van der Waals surface area contributed by atoms with Crippen LogP contribution >= 0.6 is 0 Å². The molecular formula is C5H9N3O5. The molecule has 1 atom stereocenters. The smallest absolute Gasteiger partial charge is 0.250 e. The summed E-state index contributed by atoms with van der Waals surface area (Å²) in [5.41, 5.74) is 5.43. The monoisotopic (exact) mass is 191 g/mol. The van der Waals surface area contributed by atoms with Crippen molar-refractivity contribution < 1.29 is 25.2 Å². The summed E-state index contributed by atoms with van der Waals surface area (Å²) in [5.74, 6) is -1.37. The van der Waals surface area contributed by atoms with E-state index in [9.17, 15) is 4.79 Å². The Morgan fingerprint density at radius 3 is 2.31 bits per heavy atom. The molecule has 0 aromatic heterocycles. The van der Waals surface area contributed by atoms with Crippen molar-refractivity contribution in [3.63, 3.8) is 0 Å². The van der Waals surface area contributed by atoms with Gasteiger partial charge >= 0.3 is 0 Å². The van der Waals surface area contributed by atoms with E-state index >= 15 is 0 Å². The van der Waals surface area contributed by atoms with Crippen LogP contribution in [-0.4, -0.2) is 51.3 Å². The number of rotatable bonds is 4. The predicted molar refractivity (Wildman–Crippen MR) is 39.3 cm³/mol. The molecule has 0 aromatic carbocycles. The lowest BCUT2D eigenvalue weighted by atomic mass is 9.98. The van der Waals surface area contributed by atoms with Gasteiger partial charge in [0.1, 0.15) is 5.60 Å². The number of amides is 1. The van der Waals surface area contributed by atoms with Crippen LogP contribution in [0.5, 0.6) is 0 Å². The second-order valence-electron chi connectivity index (χ2n) is 2.35. The van der Waals surface area contributed by atoms with Gasteiger partial charge in [-0.25, -0.2) is 0 Å². The summed E-state index contributed by atoms with van der Waals surface area (Å²) < 4.78 is 0. The van der Waals surface area contributed by atoms with Crippen molar-refractivity contribution >= 4 is 5.91 Å². The Morgan fingerprint density at radius 2 is 2.00 bits per heavy atom. The lowest BCUT2D eigenvalue weighted by molar-refractivity contribution is -0.157. The Labute approximate surface area is 72.7 Å². The van der Waals surface area contributed by atoms with Crippen LogP contribution in [0.1, 0.15) is 0 Å². The van der Waals surface area contributed by atoms with E-state index in [2.05, 4.69) is 10.0 Å². The maximum absolute atomic E-state index is 10.7. The third kappa shape index (κ3) is 2.65. The summed E-state index contributed by atoms with van der Waals surface area (Å²) >= 11 is 0. The van der Waals surface area contributed by atoms with Gasteiger partial charge in [-0.2, -0.15) is 0 Å². The summed E-state index contributed by atoms with van der Waals surface area (Å²) in [6, 6.07) is 0. The van der Waals surface area contributed by atoms with Gasteiger partial charge in [-0.3, -0.25) is 4.79 Å². The minimum Gasteiger partial charge on any atom is -0.393 e. The van der Waals surface area contributed by atoms with Gasteiger partial charge in [0.25, 0.3) is 0 Å². The fraction of sp³-hybridized carbons (Fsp3) is 0.800. The molecule has 0 aliphatic heterocycles. The minimum atomic E-state index is -2.38. The SMILES string of the molecule is [N-]=[N+]=NC(=O)[C@@H](O)C(O)(CO)CO. The molecule has 0 unspecified atom stereocenters. The Bertz CT molecular complexity index is 232. The van der Waals surface area contributed by atoms with Crippen LogP contribution in [0.25, 0.3) is 10.4 Å². The summed E-state index contributed by atoms with van der Waals surface area (Å²) in [7, 11) is 0. The molecule has 0 bridgehead atoms. The minimum absolute atomic E-state index is 1.03. The molecule has 0 aromatic rings. The number of hydrogen-bond donors (Lipinski definition) is 4. The fourth-order valence-corrected chi connectivity index (χ4v) is 0.552. The fourth-order valence-electron chi connectivity index (χ4n) is 0.552. The molecule has 0 saturated carbocycles. The van der Waals surface area contributed by atoms with Crippen LogP contribution in [0.2, 0.25) is 0 Å². The Morgan fingerprint density at radius 1 is 1.54 bits per heavy atom. The van der Waals surface area contributed by atoms with E-state index in [0.717, 1.165) is 0 Å². The topological polar surface area (TPSA) is 147 Å². The zero-order chi connectivity index (χ0) is 10.5. The van der Waals surface area contributed by atoms with Crippen molar-refractivity contribution in [1.82, 2.24) is 0 Å². The Balaban J connectivity index is 4.64. The van der Waals surface area contributed by atoms with Crippen molar-refractivity contribution in [2.24, 2.45) is 5.11 Å². The van der Waals surface area contributed by atoms with E-state index in [0.29, 0.717) is 0 Å². The van der Waals surface area contributed by atoms with Gasteiger partial charge in [-0.05, 0) is 10.6 Å². The zero-order valence-electron chi connectivity index (χ0n) is 6.53. The van der Waals surface area contributed by atoms with E-state index < -0.39 is 30.8 Å². The first-order valence-corrected chi connectivity index (χ1v) is 3.23. The van der Waals surface area contributed by atoms with Gasteiger partial charge in [-0.1, -0.05) is 0 Å². The second kappa shape index (κ2) is 4.75. The zero-order valence-corrected chi connectivity index (χ0v) is 6.53. The van der Waals surface area contributed by atoms with Crippen molar-refractivity contribution in [2.75, 3.05) is 13.2 Å². The number of aliphatic hydroxyl groups excluding tert-OH is 3. The highest BCUT2D eigenvalue weighted by atomic mass is 16.4. The van der Waals surface area contributed by atoms with E-state index in [1.807, 2.05) is 0 Å². The molecule has 0 saturated heterocycles. The van der Waals surface area contributed by atoms with Crippen molar-refractivity contribution in [1.29, 1.82) is 0 Å². The van der Waals surface area contributed by atoms with Gasteiger partial charge in [0.2, 0.25) is 5.91 Å². The Kier molecular flexibility index (Phi) is 4.32. The molecule has 8 heteroatoms. The number of nitrogens with zero attached hydrogens (tertiary/aromatic N) is 3. The number of azide groups is 1. The first kappa shape index (κ1) is 11.8. The quantitative estimate of drug-likeness (QED) is 0.228. The predicted octanol–water partition coefficient (Wildman–Crippen LogP) is -2.10. The lowest BCUT2D eigenvalue weighted by Crippen LogP contribution is -2.52. The molecule has 0 spiro atoms. The van der Waals surface area contributed by atoms with Gasteiger partial charge in [-0.15, -0.1) is 0 Å². The molecule has 0 aliphatic rings. The van der Waals surface area contributed by atoms with E-state index in [1.165, 1.54) is 0 Å².